The lowest BCUT2D eigenvalue weighted by Crippen LogP contribution is -2.50. The summed E-state index contributed by atoms with van der Waals surface area (Å²) in [5.41, 5.74) is 0.551. The molecule has 0 aliphatic carbocycles. The summed E-state index contributed by atoms with van der Waals surface area (Å²) in [5.74, 6) is 0.714. The summed E-state index contributed by atoms with van der Waals surface area (Å²) in [7, 11) is 0. The molecule has 4 atom stereocenters. The minimum atomic E-state index is -1.30. The Bertz CT molecular complexity index is 899. The van der Waals surface area contributed by atoms with Crippen molar-refractivity contribution in [2.45, 2.75) is 31.1 Å². The number of benzene rings is 2. The Kier molecular flexibility index (Phi) is 4.56. The Morgan fingerprint density at radius 2 is 1.88 bits per heavy atom. The van der Waals surface area contributed by atoms with Gasteiger partial charge in [0.1, 0.15) is 36.4 Å². The lowest BCUT2D eigenvalue weighted by atomic mass is 10.0. The lowest BCUT2D eigenvalue weighted by molar-refractivity contribution is -0.214. The number of fused-ring (bicyclic) bond motifs is 1. The van der Waals surface area contributed by atoms with Gasteiger partial charge in [0, 0.05) is 0 Å². The summed E-state index contributed by atoms with van der Waals surface area (Å²) >= 11 is 0. The first-order valence-corrected chi connectivity index (χ1v) is 8.30. The van der Waals surface area contributed by atoms with Gasteiger partial charge >= 0.3 is 0 Å². The molecule has 1 aliphatic heterocycles. The van der Waals surface area contributed by atoms with Gasteiger partial charge in [-0.05, 0) is 22.9 Å². The Balaban J connectivity index is 1.43. The molecule has 8 heteroatoms. The maximum Gasteiger partial charge on any atom is 0.180 e. The topological polar surface area (TPSA) is 110 Å². The lowest BCUT2D eigenvalue weighted by Gasteiger charge is -2.34. The van der Waals surface area contributed by atoms with Crippen LogP contribution in [-0.4, -0.2) is 55.2 Å². The third kappa shape index (κ3) is 3.27. The van der Waals surface area contributed by atoms with Gasteiger partial charge in [-0.25, -0.2) is 4.68 Å². The van der Waals surface area contributed by atoms with Crippen LogP contribution in [0.15, 0.2) is 48.7 Å². The summed E-state index contributed by atoms with van der Waals surface area (Å²) in [6.45, 7) is 0.109. The van der Waals surface area contributed by atoms with Crippen LogP contribution in [-0.2, 0) is 11.3 Å². The van der Waals surface area contributed by atoms with Crippen LogP contribution in [0.2, 0.25) is 0 Å². The fraction of sp³-hybridized carbons (Fsp3) is 0.333. The summed E-state index contributed by atoms with van der Waals surface area (Å²) in [6.07, 6.45) is -3.04. The van der Waals surface area contributed by atoms with E-state index in [0.717, 1.165) is 10.8 Å². The largest absolute Gasteiger partial charge is 0.487 e. The van der Waals surface area contributed by atoms with Crippen LogP contribution in [0.1, 0.15) is 11.9 Å². The van der Waals surface area contributed by atoms with E-state index in [0.29, 0.717) is 11.4 Å². The number of aliphatic hydroxyl groups excluding tert-OH is 3. The van der Waals surface area contributed by atoms with Gasteiger partial charge in [-0.1, -0.05) is 35.5 Å². The van der Waals surface area contributed by atoms with E-state index in [-0.39, 0.29) is 13.2 Å². The number of ether oxygens (including phenoxy) is 2. The van der Waals surface area contributed by atoms with Crippen LogP contribution in [0.5, 0.6) is 5.75 Å². The van der Waals surface area contributed by atoms with Crippen molar-refractivity contribution in [3.8, 4) is 5.75 Å². The van der Waals surface area contributed by atoms with Gasteiger partial charge in [0.05, 0.1) is 12.8 Å². The van der Waals surface area contributed by atoms with Crippen LogP contribution in [0.3, 0.4) is 0 Å². The third-order valence-corrected chi connectivity index (χ3v) is 4.40. The van der Waals surface area contributed by atoms with Gasteiger partial charge in [0.25, 0.3) is 0 Å². The monoisotopic (exact) mass is 357 g/mol. The maximum absolute atomic E-state index is 10.0. The van der Waals surface area contributed by atoms with E-state index in [1.54, 1.807) is 6.20 Å². The molecule has 0 spiro atoms. The Morgan fingerprint density at radius 1 is 1.08 bits per heavy atom. The van der Waals surface area contributed by atoms with Crippen LogP contribution in [0.25, 0.3) is 10.8 Å². The van der Waals surface area contributed by atoms with Crippen LogP contribution in [0.4, 0.5) is 0 Å². The standard InChI is InChI=1S/C18H19N3O5/c22-15-10-26-18(17(24)16(15)23)21-8-13(19-20-21)9-25-14-6-5-11-3-1-2-4-12(11)7-14/h1-8,15-18,22-24H,9-10H2. The third-order valence-electron chi connectivity index (χ3n) is 4.40. The molecule has 1 fully saturated rings. The summed E-state index contributed by atoms with van der Waals surface area (Å²) in [5, 5.41) is 39.4. The Labute approximate surface area is 149 Å². The molecule has 136 valence electrons. The van der Waals surface area contributed by atoms with Gasteiger partial charge in [-0.3, -0.25) is 0 Å². The zero-order chi connectivity index (χ0) is 18.1. The fourth-order valence-electron chi connectivity index (χ4n) is 2.94. The van der Waals surface area contributed by atoms with Crippen molar-refractivity contribution in [3.05, 3.63) is 54.4 Å². The minimum Gasteiger partial charge on any atom is -0.487 e. The molecule has 8 nitrogen and oxygen atoms in total. The van der Waals surface area contributed by atoms with Gasteiger partial charge in [-0.2, -0.15) is 0 Å². The van der Waals surface area contributed by atoms with Crippen molar-refractivity contribution in [1.82, 2.24) is 15.0 Å². The zero-order valence-corrected chi connectivity index (χ0v) is 13.8. The molecule has 0 bridgehead atoms. The Hall–Kier alpha value is -2.52. The van der Waals surface area contributed by atoms with E-state index < -0.39 is 24.5 Å². The van der Waals surface area contributed by atoms with E-state index in [4.69, 9.17) is 9.47 Å². The maximum atomic E-state index is 10.0. The Morgan fingerprint density at radius 3 is 2.73 bits per heavy atom. The minimum absolute atomic E-state index is 0.0916. The molecule has 1 saturated heterocycles. The van der Waals surface area contributed by atoms with E-state index in [9.17, 15) is 15.3 Å². The highest BCUT2D eigenvalue weighted by Gasteiger charge is 2.39. The molecular formula is C18H19N3O5. The van der Waals surface area contributed by atoms with Gasteiger partial charge in [0.2, 0.25) is 0 Å². The molecule has 0 amide bonds. The number of hydrogen-bond donors (Lipinski definition) is 3. The van der Waals surface area contributed by atoms with E-state index >= 15 is 0 Å². The molecular weight excluding hydrogens is 338 g/mol. The average Bonchev–Trinajstić information content (AvgIpc) is 3.13. The molecule has 3 N–H and O–H groups in total. The van der Waals surface area contributed by atoms with Crippen LogP contribution in [0, 0.1) is 0 Å². The van der Waals surface area contributed by atoms with Gasteiger partial charge in [0.15, 0.2) is 6.23 Å². The summed E-state index contributed by atoms with van der Waals surface area (Å²) in [4.78, 5) is 0. The molecule has 4 rings (SSSR count). The normalized spacial score (nSPS) is 26.1. The number of hydrogen-bond acceptors (Lipinski definition) is 7. The molecule has 26 heavy (non-hydrogen) atoms. The highest BCUT2D eigenvalue weighted by atomic mass is 16.5. The van der Waals surface area contributed by atoms with Crippen LogP contribution >= 0.6 is 0 Å². The summed E-state index contributed by atoms with van der Waals surface area (Å²) in [6, 6.07) is 13.8. The van der Waals surface area contributed by atoms with Crippen molar-refractivity contribution in [1.29, 1.82) is 0 Å². The summed E-state index contributed by atoms with van der Waals surface area (Å²) < 4.78 is 12.4. The number of nitrogens with zero attached hydrogens (tertiary/aromatic N) is 3. The SMILES string of the molecule is OC1COC(n2cc(COc3ccc4ccccc4c3)nn2)C(O)C1O. The first kappa shape index (κ1) is 16.9. The van der Waals surface area contributed by atoms with Crippen molar-refractivity contribution in [3.63, 3.8) is 0 Å². The quantitative estimate of drug-likeness (QED) is 0.628. The highest BCUT2D eigenvalue weighted by Crippen LogP contribution is 2.24. The predicted molar refractivity (Wildman–Crippen MR) is 91.3 cm³/mol. The number of aromatic nitrogens is 3. The molecule has 0 saturated carbocycles. The number of aliphatic hydroxyl groups is 3. The molecule has 1 aliphatic rings. The second-order valence-electron chi connectivity index (χ2n) is 6.26. The fourth-order valence-corrected chi connectivity index (χ4v) is 2.94. The predicted octanol–water partition coefficient (Wildman–Crippen LogP) is 0.622. The highest BCUT2D eigenvalue weighted by molar-refractivity contribution is 5.83. The second kappa shape index (κ2) is 7.00. The first-order valence-electron chi connectivity index (χ1n) is 8.30. The molecule has 0 radical (unpaired) electrons. The zero-order valence-electron chi connectivity index (χ0n) is 13.8. The average molecular weight is 357 g/mol. The molecule has 2 aromatic carbocycles. The van der Waals surface area contributed by atoms with Crippen molar-refractivity contribution in [2.75, 3.05) is 6.61 Å². The van der Waals surface area contributed by atoms with Crippen LogP contribution < -0.4 is 4.74 Å². The second-order valence-corrected chi connectivity index (χ2v) is 6.26. The number of rotatable bonds is 4. The van der Waals surface area contributed by atoms with E-state index in [1.165, 1.54) is 4.68 Å². The molecule has 3 aromatic rings. The van der Waals surface area contributed by atoms with Gasteiger partial charge < -0.3 is 24.8 Å². The van der Waals surface area contributed by atoms with Crippen molar-refractivity contribution >= 4 is 10.8 Å². The first-order chi connectivity index (χ1) is 12.6. The van der Waals surface area contributed by atoms with Gasteiger partial charge in [-0.15, -0.1) is 5.10 Å². The molecule has 2 heterocycles. The van der Waals surface area contributed by atoms with Crippen molar-refractivity contribution < 1.29 is 24.8 Å². The van der Waals surface area contributed by atoms with E-state index in [2.05, 4.69) is 10.3 Å². The smallest absolute Gasteiger partial charge is 0.180 e. The molecule has 1 aromatic heterocycles. The molecule has 4 unspecified atom stereocenters. The van der Waals surface area contributed by atoms with Crippen molar-refractivity contribution in [2.24, 2.45) is 0 Å². The van der Waals surface area contributed by atoms with E-state index in [1.807, 2.05) is 42.5 Å².